The van der Waals surface area contributed by atoms with Gasteiger partial charge in [-0.25, -0.2) is 0 Å². The molecular formula is C28H29Cl3N2O2. The number of carbonyl (C=O) groups excluding carboxylic acids is 2. The quantitative estimate of drug-likeness (QED) is 0.315. The monoisotopic (exact) mass is 530 g/mol. The number of nitrogens with one attached hydrogen (secondary N) is 1. The topological polar surface area (TPSA) is 49.4 Å². The fourth-order valence-corrected chi connectivity index (χ4v) is 4.43. The van der Waals surface area contributed by atoms with Crippen molar-refractivity contribution < 1.29 is 9.59 Å². The Labute approximate surface area is 222 Å². The number of hydrogen-bond acceptors (Lipinski definition) is 2. The fourth-order valence-electron chi connectivity index (χ4n) is 3.75. The lowest BCUT2D eigenvalue weighted by molar-refractivity contribution is -0.141. The van der Waals surface area contributed by atoms with E-state index in [0.717, 1.165) is 17.5 Å². The van der Waals surface area contributed by atoms with Crippen LogP contribution in [0.1, 0.15) is 37.0 Å². The lowest BCUT2D eigenvalue weighted by Gasteiger charge is -2.32. The maximum atomic E-state index is 13.7. The van der Waals surface area contributed by atoms with E-state index in [1.807, 2.05) is 56.3 Å². The second-order valence-corrected chi connectivity index (χ2v) is 9.87. The molecule has 0 unspecified atom stereocenters. The van der Waals surface area contributed by atoms with Crippen molar-refractivity contribution in [2.75, 3.05) is 0 Å². The average Bonchev–Trinajstić information content (AvgIpc) is 2.83. The highest BCUT2D eigenvalue weighted by atomic mass is 35.5. The highest BCUT2D eigenvalue weighted by molar-refractivity contribution is 6.35. The van der Waals surface area contributed by atoms with Crippen molar-refractivity contribution in [2.45, 2.75) is 51.7 Å². The van der Waals surface area contributed by atoms with Gasteiger partial charge in [-0.05, 0) is 54.3 Å². The minimum atomic E-state index is -0.732. The van der Waals surface area contributed by atoms with Gasteiger partial charge in [0.25, 0.3) is 0 Å². The molecule has 0 heterocycles. The summed E-state index contributed by atoms with van der Waals surface area (Å²) in [5.41, 5.74) is 2.44. The van der Waals surface area contributed by atoms with E-state index < -0.39 is 6.04 Å². The molecule has 0 aliphatic heterocycles. The average molecular weight is 532 g/mol. The minimum Gasteiger partial charge on any atom is -0.352 e. The number of amides is 2. The Morgan fingerprint density at radius 1 is 0.886 bits per heavy atom. The van der Waals surface area contributed by atoms with Gasteiger partial charge in [0, 0.05) is 34.1 Å². The Hall–Kier alpha value is -2.53. The summed E-state index contributed by atoms with van der Waals surface area (Å²) in [5.74, 6) is -0.397. The largest absolute Gasteiger partial charge is 0.352 e. The summed E-state index contributed by atoms with van der Waals surface area (Å²) in [6, 6.07) is 21.3. The molecule has 0 saturated heterocycles. The molecule has 35 heavy (non-hydrogen) atoms. The van der Waals surface area contributed by atoms with Crippen LogP contribution in [0.5, 0.6) is 0 Å². The Bertz CT molecular complexity index is 1150. The van der Waals surface area contributed by atoms with Crippen LogP contribution in [0, 0.1) is 0 Å². The van der Waals surface area contributed by atoms with E-state index >= 15 is 0 Å². The van der Waals surface area contributed by atoms with Crippen molar-refractivity contribution in [2.24, 2.45) is 0 Å². The van der Waals surface area contributed by atoms with Crippen molar-refractivity contribution in [1.29, 1.82) is 0 Å². The Morgan fingerprint density at radius 2 is 1.57 bits per heavy atom. The molecule has 4 nitrogen and oxygen atoms in total. The second kappa shape index (κ2) is 13.0. The summed E-state index contributed by atoms with van der Waals surface area (Å²) >= 11 is 18.7. The highest BCUT2D eigenvalue weighted by Crippen LogP contribution is 2.25. The molecule has 2 atom stereocenters. The number of halogens is 3. The van der Waals surface area contributed by atoms with E-state index in [9.17, 15) is 9.59 Å². The third-order valence-electron chi connectivity index (χ3n) is 5.87. The lowest BCUT2D eigenvalue weighted by Crippen LogP contribution is -2.52. The summed E-state index contributed by atoms with van der Waals surface area (Å²) in [7, 11) is 0. The zero-order valence-electron chi connectivity index (χ0n) is 19.8. The van der Waals surface area contributed by atoms with Crippen LogP contribution in [0.4, 0.5) is 0 Å². The van der Waals surface area contributed by atoms with Crippen LogP contribution in [-0.4, -0.2) is 28.8 Å². The Kier molecular flexibility index (Phi) is 10.0. The predicted octanol–water partition coefficient (Wildman–Crippen LogP) is 6.74. The minimum absolute atomic E-state index is 0.0234. The summed E-state index contributed by atoms with van der Waals surface area (Å²) in [4.78, 5) is 28.9. The van der Waals surface area contributed by atoms with Crippen LogP contribution < -0.4 is 5.32 Å². The predicted molar refractivity (Wildman–Crippen MR) is 144 cm³/mol. The SMILES string of the molecule is CC[C@@H](C)NC(=O)[C@@H](Cc1ccccc1)N(Cc1ccc(Cl)cc1Cl)C(=O)Cc1cccc(Cl)c1. The zero-order valence-corrected chi connectivity index (χ0v) is 22.1. The molecule has 0 aromatic heterocycles. The first-order chi connectivity index (χ1) is 16.8. The van der Waals surface area contributed by atoms with Crippen LogP contribution >= 0.6 is 34.8 Å². The number of rotatable bonds is 10. The third kappa shape index (κ3) is 7.99. The number of nitrogens with zero attached hydrogens (tertiary/aromatic N) is 1. The van der Waals surface area contributed by atoms with Crippen LogP contribution in [-0.2, 0) is 29.0 Å². The molecule has 3 aromatic rings. The molecule has 7 heteroatoms. The van der Waals surface area contributed by atoms with E-state index in [4.69, 9.17) is 34.8 Å². The maximum absolute atomic E-state index is 13.7. The molecule has 2 amide bonds. The molecule has 0 aliphatic rings. The van der Waals surface area contributed by atoms with Gasteiger partial charge in [-0.3, -0.25) is 9.59 Å². The zero-order chi connectivity index (χ0) is 25.4. The van der Waals surface area contributed by atoms with Gasteiger partial charge >= 0.3 is 0 Å². The van der Waals surface area contributed by atoms with Crippen LogP contribution in [0.25, 0.3) is 0 Å². The van der Waals surface area contributed by atoms with Gasteiger partial charge in [-0.1, -0.05) is 90.3 Å². The van der Waals surface area contributed by atoms with Crippen LogP contribution in [0.3, 0.4) is 0 Å². The molecule has 3 rings (SSSR count). The Morgan fingerprint density at radius 3 is 2.23 bits per heavy atom. The van der Waals surface area contributed by atoms with Gasteiger partial charge in [0.2, 0.25) is 11.8 Å². The van der Waals surface area contributed by atoms with Gasteiger partial charge in [0.1, 0.15) is 6.04 Å². The van der Waals surface area contributed by atoms with Crippen molar-refractivity contribution in [3.05, 3.63) is 105 Å². The van der Waals surface area contributed by atoms with Crippen molar-refractivity contribution >= 4 is 46.6 Å². The molecule has 0 spiro atoms. The number of hydrogen-bond donors (Lipinski definition) is 1. The molecule has 0 fully saturated rings. The third-order valence-corrected chi connectivity index (χ3v) is 6.69. The van der Waals surface area contributed by atoms with E-state index in [1.54, 1.807) is 35.2 Å². The molecule has 0 bridgehead atoms. The van der Waals surface area contributed by atoms with E-state index in [2.05, 4.69) is 5.32 Å². The van der Waals surface area contributed by atoms with Gasteiger partial charge in [0.15, 0.2) is 0 Å². The lowest BCUT2D eigenvalue weighted by atomic mass is 10.0. The molecular weight excluding hydrogens is 503 g/mol. The fraction of sp³-hybridized carbons (Fsp3) is 0.286. The molecule has 184 valence electrons. The number of carbonyl (C=O) groups is 2. The van der Waals surface area contributed by atoms with Gasteiger partial charge in [0.05, 0.1) is 6.42 Å². The van der Waals surface area contributed by atoms with E-state index in [0.29, 0.717) is 27.1 Å². The summed E-state index contributed by atoms with van der Waals surface area (Å²) in [6.07, 6.45) is 1.26. The second-order valence-electron chi connectivity index (χ2n) is 8.59. The summed E-state index contributed by atoms with van der Waals surface area (Å²) < 4.78 is 0. The van der Waals surface area contributed by atoms with Gasteiger partial charge in [-0.2, -0.15) is 0 Å². The van der Waals surface area contributed by atoms with Gasteiger partial charge in [-0.15, -0.1) is 0 Å². The van der Waals surface area contributed by atoms with Crippen LogP contribution in [0.2, 0.25) is 15.1 Å². The molecule has 3 aromatic carbocycles. The first-order valence-corrected chi connectivity index (χ1v) is 12.7. The molecule has 0 saturated carbocycles. The van der Waals surface area contributed by atoms with E-state index in [1.165, 1.54) is 0 Å². The summed E-state index contributed by atoms with van der Waals surface area (Å²) in [5, 5.41) is 4.56. The standard InChI is InChI=1S/C28H29Cl3N2O2/c1-3-19(2)32-28(35)26(15-20-8-5-4-6-9-20)33(18-22-12-13-24(30)17-25(22)31)27(34)16-21-10-7-11-23(29)14-21/h4-14,17,19,26H,3,15-16,18H2,1-2H3,(H,32,35)/t19-,26-/m1/s1. The van der Waals surface area contributed by atoms with Crippen molar-refractivity contribution in [3.63, 3.8) is 0 Å². The first kappa shape index (κ1) is 27.1. The van der Waals surface area contributed by atoms with Crippen molar-refractivity contribution in [3.8, 4) is 0 Å². The Balaban J connectivity index is 2.00. The van der Waals surface area contributed by atoms with Gasteiger partial charge < -0.3 is 10.2 Å². The van der Waals surface area contributed by atoms with Crippen molar-refractivity contribution in [1.82, 2.24) is 10.2 Å². The van der Waals surface area contributed by atoms with Crippen LogP contribution in [0.15, 0.2) is 72.8 Å². The number of benzene rings is 3. The maximum Gasteiger partial charge on any atom is 0.243 e. The smallest absolute Gasteiger partial charge is 0.243 e. The molecule has 1 N–H and O–H groups in total. The molecule has 0 aliphatic carbocycles. The highest BCUT2D eigenvalue weighted by Gasteiger charge is 2.31. The summed E-state index contributed by atoms with van der Waals surface area (Å²) in [6.45, 7) is 4.12. The normalized spacial score (nSPS) is 12.6. The first-order valence-electron chi connectivity index (χ1n) is 11.6. The molecule has 0 radical (unpaired) electrons. The van der Waals surface area contributed by atoms with E-state index in [-0.39, 0.29) is 30.8 Å².